The number of rotatable bonds is 4. The molecule has 1 aromatic carbocycles. The Hall–Kier alpha value is -2.40. The van der Waals surface area contributed by atoms with Crippen LogP contribution in [0.15, 0.2) is 36.5 Å². The lowest BCUT2D eigenvalue weighted by molar-refractivity contribution is 0.0996. The summed E-state index contributed by atoms with van der Waals surface area (Å²) < 4.78 is 15.8. The third-order valence-electron chi connectivity index (χ3n) is 4.23. The van der Waals surface area contributed by atoms with E-state index in [-0.39, 0.29) is 16.8 Å². The maximum Gasteiger partial charge on any atom is 0.267 e. The number of hydrogen-bond acceptors (Lipinski definition) is 2. The number of fused-ring (bicyclic) bond motifs is 1. The number of carbonyl (C=O) groups excluding carboxylic acids is 1. The Morgan fingerprint density at radius 2 is 2.12 bits per heavy atom. The van der Waals surface area contributed by atoms with Crippen molar-refractivity contribution in [1.29, 1.82) is 0 Å². The number of primary amides is 1. The zero-order valence-corrected chi connectivity index (χ0v) is 14.1. The second-order valence-corrected chi connectivity index (χ2v) is 6.18. The average Bonchev–Trinajstić information content (AvgIpc) is 2.95. The summed E-state index contributed by atoms with van der Waals surface area (Å²) in [6.45, 7) is 4.13. The van der Waals surface area contributed by atoms with Crippen LogP contribution in [-0.2, 0) is 0 Å². The van der Waals surface area contributed by atoms with Crippen LogP contribution in [0.3, 0.4) is 0 Å². The van der Waals surface area contributed by atoms with Crippen molar-refractivity contribution in [2.75, 3.05) is 0 Å². The molecular formula is C18H17ClFN3O. The van der Waals surface area contributed by atoms with Crippen molar-refractivity contribution in [3.63, 3.8) is 0 Å². The number of nitrogens with zero attached hydrogens (tertiary/aromatic N) is 2. The van der Waals surface area contributed by atoms with Crippen LogP contribution in [0.2, 0.25) is 5.02 Å². The van der Waals surface area contributed by atoms with E-state index in [1.165, 1.54) is 12.1 Å². The van der Waals surface area contributed by atoms with Crippen LogP contribution in [0, 0.1) is 5.82 Å². The molecule has 0 spiro atoms. The van der Waals surface area contributed by atoms with Crippen LogP contribution in [0.1, 0.15) is 36.8 Å². The number of hydrogen-bond donors (Lipinski definition) is 1. The van der Waals surface area contributed by atoms with Gasteiger partial charge >= 0.3 is 0 Å². The van der Waals surface area contributed by atoms with E-state index in [2.05, 4.69) is 18.8 Å². The van der Waals surface area contributed by atoms with Gasteiger partial charge in [-0.2, -0.15) is 0 Å². The van der Waals surface area contributed by atoms with Gasteiger partial charge in [-0.15, -0.1) is 0 Å². The normalized spacial score (nSPS) is 12.5. The molecule has 0 unspecified atom stereocenters. The fourth-order valence-corrected chi connectivity index (χ4v) is 2.81. The van der Waals surface area contributed by atoms with Crippen molar-refractivity contribution in [3.8, 4) is 11.1 Å². The van der Waals surface area contributed by atoms with Gasteiger partial charge in [0.1, 0.15) is 17.2 Å². The molecule has 124 valence electrons. The van der Waals surface area contributed by atoms with Crippen LogP contribution in [0.5, 0.6) is 0 Å². The molecule has 0 aliphatic carbocycles. The first-order chi connectivity index (χ1) is 11.4. The monoisotopic (exact) mass is 345 g/mol. The van der Waals surface area contributed by atoms with Gasteiger partial charge in [0.05, 0.1) is 5.02 Å². The van der Waals surface area contributed by atoms with Crippen molar-refractivity contribution in [3.05, 3.63) is 53.1 Å². The van der Waals surface area contributed by atoms with Crippen molar-refractivity contribution in [1.82, 2.24) is 9.55 Å². The van der Waals surface area contributed by atoms with Crippen LogP contribution >= 0.6 is 11.6 Å². The number of benzene rings is 1. The van der Waals surface area contributed by atoms with Gasteiger partial charge in [0.25, 0.3) is 5.91 Å². The molecule has 2 heterocycles. The minimum atomic E-state index is -0.576. The molecule has 0 saturated carbocycles. The molecule has 0 bridgehead atoms. The Morgan fingerprint density at radius 3 is 2.75 bits per heavy atom. The first-order valence-corrected chi connectivity index (χ1v) is 8.07. The minimum absolute atomic E-state index is 0.0820. The highest BCUT2D eigenvalue weighted by Gasteiger charge is 2.17. The van der Waals surface area contributed by atoms with Crippen molar-refractivity contribution in [2.24, 2.45) is 5.73 Å². The first-order valence-electron chi connectivity index (χ1n) is 7.69. The highest BCUT2D eigenvalue weighted by molar-refractivity contribution is 6.30. The second-order valence-electron chi connectivity index (χ2n) is 5.77. The van der Waals surface area contributed by atoms with E-state index < -0.39 is 11.7 Å². The predicted octanol–water partition coefficient (Wildman–Crippen LogP) is 4.57. The zero-order chi connectivity index (χ0) is 17.4. The molecule has 0 fully saturated rings. The smallest absolute Gasteiger partial charge is 0.267 e. The minimum Gasteiger partial charge on any atom is -0.364 e. The lowest BCUT2D eigenvalue weighted by Gasteiger charge is -2.12. The third kappa shape index (κ3) is 2.76. The summed E-state index contributed by atoms with van der Waals surface area (Å²) in [5.74, 6) is -1.05. The van der Waals surface area contributed by atoms with E-state index in [1.807, 2.05) is 10.8 Å². The molecule has 0 saturated heterocycles. The topological polar surface area (TPSA) is 60.9 Å². The quantitative estimate of drug-likeness (QED) is 0.753. The summed E-state index contributed by atoms with van der Waals surface area (Å²) in [4.78, 5) is 15.8. The Balaban J connectivity index is 2.28. The number of carbonyl (C=O) groups is 1. The van der Waals surface area contributed by atoms with E-state index in [0.29, 0.717) is 11.2 Å². The van der Waals surface area contributed by atoms with Crippen LogP contribution in [0.4, 0.5) is 4.39 Å². The fourth-order valence-electron chi connectivity index (χ4n) is 2.69. The highest BCUT2D eigenvalue weighted by Crippen LogP contribution is 2.33. The third-order valence-corrected chi connectivity index (χ3v) is 4.53. The van der Waals surface area contributed by atoms with Gasteiger partial charge in [0.2, 0.25) is 0 Å². The fraction of sp³-hybridized carbons (Fsp3) is 0.222. The largest absolute Gasteiger partial charge is 0.364 e. The van der Waals surface area contributed by atoms with E-state index in [4.69, 9.17) is 17.3 Å². The number of amides is 1. The van der Waals surface area contributed by atoms with Crippen LogP contribution in [-0.4, -0.2) is 15.5 Å². The highest BCUT2D eigenvalue weighted by atomic mass is 35.5. The molecule has 3 aromatic rings. The van der Waals surface area contributed by atoms with E-state index in [1.54, 1.807) is 18.2 Å². The summed E-state index contributed by atoms with van der Waals surface area (Å²) >= 11 is 5.78. The van der Waals surface area contributed by atoms with Crippen LogP contribution in [0.25, 0.3) is 22.2 Å². The first kappa shape index (κ1) is 16.5. The number of nitrogens with two attached hydrogens (primary N) is 1. The number of aromatic nitrogens is 2. The van der Waals surface area contributed by atoms with Gasteiger partial charge in [-0.05, 0) is 43.2 Å². The molecule has 24 heavy (non-hydrogen) atoms. The lowest BCUT2D eigenvalue weighted by atomic mass is 10.1. The lowest BCUT2D eigenvalue weighted by Crippen LogP contribution is -2.13. The van der Waals surface area contributed by atoms with Gasteiger partial charge in [-0.3, -0.25) is 4.79 Å². The zero-order valence-electron chi connectivity index (χ0n) is 13.4. The average molecular weight is 346 g/mol. The van der Waals surface area contributed by atoms with E-state index in [9.17, 15) is 9.18 Å². The standard InChI is InChI=1S/C18H17ClFN3O/c1-3-10(2)23-9-13(11-4-6-14(19)15(20)8-11)12-5-7-16(17(21)24)22-18(12)23/h4-10H,3H2,1-2H3,(H2,21,24)/t10-/m1/s1. The van der Waals surface area contributed by atoms with Gasteiger partial charge in [-0.1, -0.05) is 24.6 Å². The van der Waals surface area contributed by atoms with Crippen molar-refractivity contribution < 1.29 is 9.18 Å². The molecule has 0 aliphatic rings. The van der Waals surface area contributed by atoms with Gasteiger partial charge < -0.3 is 10.3 Å². The molecule has 1 atom stereocenters. The summed E-state index contributed by atoms with van der Waals surface area (Å²) in [5.41, 5.74) is 7.75. The Morgan fingerprint density at radius 1 is 1.38 bits per heavy atom. The van der Waals surface area contributed by atoms with Gasteiger partial charge in [-0.25, -0.2) is 9.37 Å². The van der Waals surface area contributed by atoms with Gasteiger partial charge in [0.15, 0.2) is 0 Å². The molecule has 0 aliphatic heterocycles. The molecular weight excluding hydrogens is 329 g/mol. The van der Waals surface area contributed by atoms with E-state index in [0.717, 1.165) is 17.4 Å². The number of halogens is 2. The Kier molecular flexibility index (Phi) is 4.28. The molecule has 3 rings (SSSR count). The molecule has 4 nitrogen and oxygen atoms in total. The summed E-state index contributed by atoms with van der Waals surface area (Å²) in [5, 5.41) is 0.917. The van der Waals surface area contributed by atoms with E-state index >= 15 is 0 Å². The molecule has 0 radical (unpaired) electrons. The second kappa shape index (κ2) is 6.24. The predicted molar refractivity (Wildman–Crippen MR) is 93.7 cm³/mol. The Labute approximate surface area is 144 Å². The SMILES string of the molecule is CC[C@@H](C)n1cc(-c2ccc(Cl)c(F)c2)c2ccc(C(N)=O)nc21. The van der Waals surface area contributed by atoms with Gasteiger partial charge in [0, 0.05) is 23.2 Å². The van der Waals surface area contributed by atoms with Crippen molar-refractivity contribution in [2.45, 2.75) is 26.3 Å². The van der Waals surface area contributed by atoms with Crippen molar-refractivity contribution >= 4 is 28.5 Å². The molecule has 2 aromatic heterocycles. The molecule has 2 N–H and O–H groups in total. The maximum atomic E-state index is 13.9. The Bertz CT molecular complexity index is 935. The molecule has 6 heteroatoms. The summed E-state index contributed by atoms with van der Waals surface area (Å²) in [6.07, 6.45) is 2.82. The summed E-state index contributed by atoms with van der Waals surface area (Å²) in [7, 11) is 0. The van der Waals surface area contributed by atoms with Crippen LogP contribution < -0.4 is 5.73 Å². The maximum absolute atomic E-state index is 13.9. The molecule has 1 amide bonds. The summed E-state index contributed by atoms with van der Waals surface area (Å²) in [6, 6.07) is 8.26. The number of pyridine rings is 1.